The monoisotopic (exact) mass is 302 g/mol. The van der Waals surface area contributed by atoms with Gasteiger partial charge >= 0.3 is 0 Å². The molecule has 2 nitrogen and oxygen atoms in total. The van der Waals surface area contributed by atoms with E-state index in [0.717, 1.165) is 21.8 Å². The molecule has 0 aliphatic heterocycles. The first-order valence-electron chi connectivity index (χ1n) is 4.52. The number of hydrogen-bond donors (Lipinski definition) is 0. The molecule has 0 saturated heterocycles. The summed E-state index contributed by atoms with van der Waals surface area (Å²) < 4.78 is 0. The van der Waals surface area contributed by atoms with Gasteiger partial charge in [0.25, 0.3) is 0 Å². The predicted octanol–water partition coefficient (Wildman–Crippen LogP) is 2.35. The van der Waals surface area contributed by atoms with Gasteiger partial charge in [-0.3, -0.25) is 0 Å². The zero-order valence-electron chi connectivity index (χ0n) is 9.11. The molecule has 0 unspecified atom stereocenters. The molecule has 1 radical (unpaired) electrons. The van der Waals surface area contributed by atoms with E-state index in [1.165, 1.54) is 0 Å². The molecule has 2 heterocycles. The number of hydrogen-bond acceptors (Lipinski definition) is 3. The van der Waals surface area contributed by atoms with Gasteiger partial charge in [0, 0.05) is 38.1 Å². The summed E-state index contributed by atoms with van der Waals surface area (Å²) in [7, 11) is 0. The SMILES string of the molecule is Cc1[c-]ncc(C#Cc2csc(C)n2)c1.[Y]. The summed E-state index contributed by atoms with van der Waals surface area (Å²) in [6.45, 7) is 3.92. The van der Waals surface area contributed by atoms with E-state index in [2.05, 4.69) is 28.0 Å². The first-order valence-corrected chi connectivity index (χ1v) is 5.40. The fourth-order valence-corrected chi connectivity index (χ4v) is 1.68. The smallest absolute Gasteiger partial charge is 0.124 e. The van der Waals surface area contributed by atoms with Crippen LogP contribution in [0.15, 0.2) is 17.6 Å². The van der Waals surface area contributed by atoms with Crippen LogP contribution in [0, 0.1) is 31.9 Å². The quantitative estimate of drug-likeness (QED) is 0.551. The van der Waals surface area contributed by atoms with Crippen molar-refractivity contribution in [2.24, 2.45) is 0 Å². The van der Waals surface area contributed by atoms with E-state index in [0.29, 0.717) is 0 Å². The van der Waals surface area contributed by atoms with Crippen molar-refractivity contribution >= 4 is 11.3 Å². The standard InChI is InChI=1S/C12H9N2S.Y/c1-9-5-11(7-13-6-9)3-4-12-8-15-10(2)14-12;/h5,7-8H,1-2H3;/q-1;. The second kappa shape index (κ2) is 6.25. The average Bonchev–Trinajstić information content (AvgIpc) is 2.62. The van der Waals surface area contributed by atoms with Gasteiger partial charge in [-0.1, -0.05) is 30.8 Å². The van der Waals surface area contributed by atoms with Gasteiger partial charge in [0.1, 0.15) is 5.69 Å². The Hall–Kier alpha value is -0.556. The van der Waals surface area contributed by atoms with Crippen molar-refractivity contribution in [3.8, 4) is 11.8 Å². The maximum Gasteiger partial charge on any atom is 0.124 e. The van der Waals surface area contributed by atoms with Crippen molar-refractivity contribution in [3.63, 3.8) is 0 Å². The van der Waals surface area contributed by atoms with Gasteiger partial charge in [-0.25, -0.2) is 4.98 Å². The maximum atomic E-state index is 4.26. The van der Waals surface area contributed by atoms with Crippen molar-refractivity contribution < 1.29 is 32.7 Å². The van der Waals surface area contributed by atoms with Crippen LogP contribution in [-0.2, 0) is 32.7 Å². The molecule has 0 amide bonds. The summed E-state index contributed by atoms with van der Waals surface area (Å²) in [5.74, 6) is 6.03. The Balaban J connectivity index is 0.00000128. The zero-order chi connectivity index (χ0) is 10.7. The predicted molar refractivity (Wildman–Crippen MR) is 60.6 cm³/mol. The van der Waals surface area contributed by atoms with Crippen molar-refractivity contribution in [1.29, 1.82) is 0 Å². The molecule has 77 valence electrons. The van der Waals surface area contributed by atoms with Gasteiger partial charge < -0.3 is 4.98 Å². The third-order valence-corrected chi connectivity index (χ3v) is 2.54. The Morgan fingerprint density at radius 3 is 2.75 bits per heavy atom. The zero-order valence-corrected chi connectivity index (χ0v) is 12.8. The summed E-state index contributed by atoms with van der Waals surface area (Å²) in [6.07, 6.45) is 4.55. The minimum atomic E-state index is 0. The van der Waals surface area contributed by atoms with Gasteiger partial charge in [0.2, 0.25) is 0 Å². The minimum Gasteiger partial charge on any atom is -0.393 e. The Morgan fingerprint density at radius 2 is 2.12 bits per heavy atom. The summed E-state index contributed by atoms with van der Waals surface area (Å²) in [4.78, 5) is 8.22. The number of nitrogens with zero attached hydrogens (tertiary/aromatic N) is 2. The summed E-state index contributed by atoms with van der Waals surface area (Å²) in [6, 6.07) is 1.96. The number of aryl methyl sites for hydroxylation is 2. The van der Waals surface area contributed by atoms with E-state index in [1.807, 2.05) is 25.3 Å². The van der Waals surface area contributed by atoms with Crippen LogP contribution in [0.3, 0.4) is 0 Å². The third kappa shape index (κ3) is 3.79. The molecule has 0 N–H and O–H groups in total. The van der Waals surface area contributed by atoms with Gasteiger partial charge in [0.05, 0.1) is 5.01 Å². The first kappa shape index (κ1) is 13.5. The van der Waals surface area contributed by atoms with Crippen molar-refractivity contribution in [3.05, 3.63) is 45.7 Å². The number of pyridine rings is 1. The molecule has 0 aliphatic rings. The molecule has 0 spiro atoms. The largest absolute Gasteiger partial charge is 0.393 e. The maximum absolute atomic E-state index is 4.26. The second-order valence-electron chi connectivity index (χ2n) is 3.15. The molecule has 2 aromatic heterocycles. The van der Waals surface area contributed by atoms with Crippen LogP contribution < -0.4 is 0 Å². The van der Waals surface area contributed by atoms with Gasteiger partial charge in [-0.05, 0) is 12.8 Å². The number of aromatic nitrogens is 2. The van der Waals surface area contributed by atoms with Gasteiger partial charge in [-0.15, -0.1) is 23.0 Å². The van der Waals surface area contributed by atoms with Crippen LogP contribution >= 0.6 is 11.3 Å². The van der Waals surface area contributed by atoms with Crippen LogP contribution in [0.5, 0.6) is 0 Å². The summed E-state index contributed by atoms with van der Waals surface area (Å²) >= 11 is 1.61. The molecule has 0 fully saturated rings. The Kier molecular flexibility index (Phi) is 5.27. The molecule has 2 rings (SSSR count). The third-order valence-electron chi connectivity index (χ3n) is 1.77. The van der Waals surface area contributed by atoms with E-state index in [1.54, 1.807) is 17.5 Å². The second-order valence-corrected chi connectivity index (χ2v) is 4.22. The summed E-state index contributed by atoms with van der Waals surface area (Å²) in [5, 5.41) is 2.99. The average molecular weight is 302 g/mol. The van der Waals surface area contributed by atoms with E-state index >= 15 is 0 Å². The summed E-state index contributed by atoms with van der Waals surface area (Å²) in [5.41, 5.74) is 2.72. The van der Waals surface area contributed by atoms with Crippen LogP contribution in [0.25, 0.3) is 0 Å². The molecule has 0 aromatic carbocycles. The number of thiazole rings is 1. The van der Waals surface area contributed by atoms with E-state index in [9.17, 15) is 0 Å². The fraction of sp³-hybridized carbons (Fsp3) is 0.167. The first-order chi connectivity index (χ1) is 7.24. The molecule has 0 bridgehead atoms. The Morgan fingerprint density at radius 1 is 1.31 bits per heavy atom. The van der Waals surface area contributed by atoms with Crippen LogP contribution in [0.4, 0.5) is 0 Å². The minimum absolute atomic E-state index is 0. The molecule has 0 saturated carbocycles. The molecular formula is C12H9N2SY-. The topological polar surface area (TPSA) is 25.8 Å². The van der Waals surface area contributed by atoms with E-state index < -0.39 is 0 Å². The molecule has 16 heavy (non-hydrogen) atoms. The van der Waals surface area contributed by atoms with Crippen LogP contribution in [0.2, 0.25) is 0 Å². The number of rotatable bonds is 0. The molecule has 0 aliphatic carbocycles. The van der Waals surface area contributed by atoms with Crippen molar-refractivity contribution in [2.75, 3.05) is 0 Å². The van der Waals surface area contributed by atoms with Crippen molar-refractivity contribution in [1.82, 2.24) is 9.97 Å². The van der Waals surface area contributed by atoms with E-state index in [-0.39, 0.29) is 32.7 Å². The molecule has 4 heteroatoms. The van der Waals surface area contributed by atoms with Crippen LogP contribution in [-0.4, -0.2) is 9.97 Å². The normalized spacial score (nSPS) is 8.88. The Bertz CT molecular complexity index is 537. The molecule has 2 aromatic rings. The molecular weight excluding hydrogens is 293 g/mol. The van der Waals surface area contributed by atoms with Crippen LogP contribution in [0.1, 0.15) is 21.8 Å². The fourth-order valence-electron chi connectivity index (χ4n) is 1.13. The molecule has 0 atom stereocenters. The van der Waals surface area contributed by atoms with E-state index in [4.69, 9.17) is 0 Å². The Labute approximate surface area is 124 Å². The van der Waals surface area contributed by atoms with Gasteiger partial charge in [-0.2, -0.15) is 0 Å². The van der Waals surface area contributed by atoms with Gasteiger partial charge in [0.15, 0.2) is 0 Å². The van der Waals surface area contributed by atoms with Crippen molar-refractivity contribution in [2.45, 2.75) is 13.8 Å².